The zero-order valence-corrected chi connectivity index (χ0v) is 13.8. The maximum atomic E-state index is 12.9. The minimum Gasteiger partial charge on any atom is -0.493 e. The molecule has 1 saturated heterocycles. The van der Waals surface area contributed by atoms with Crippen molar-refractivity contribution in [3.05, 3.63) is 65.5 Å². The number of piperidine rings is 1. The van der Waals surface area contributed by atoms with Gasteiger partial charge in [0.2, 0.25) is 0 Å². The Balaban J connectivity index is 1.62. The van der Waals surface area contributed by atoms with Crippen molar-refractivity contribution >= 4 is 5.91 Å². The maximum absolute atomic E-state index is 12.9. The third kappa shape index (κ3) is 4.16. The van der Waals surface area contributed by atoms with Crippen LogP contribution in [0.4, 0.5) is 4.39 Å². The number of hydrogen-bond donors (Lipinski definition) is 0. The molecule has 5 heteroatoms. The van der Waals surface area contributed by atoms with E-state index in [1.807, 2.05) is 0 Å². The molecule has 2 aromatic rings. The molecule has 2 aromatic carbocycles. The lowest BCUT2D eigenvalue weighted by Crippen LogP contribution is -2.41. The number of carbonyl (C=O) groups is 1. The normalized spacial score (nSPS) is 17.0. The van der Waals surface area contributed by atoms with Gasteiger partial charge in [-0.25, -0.2) is 4.39 Å². The molecule has 1 amide bonds. The lowest BCUT2D eigenvalue weighted by atomic mass is 9.97. The molecule has 0 bridgehead atoms. The van der Waals surface area contributed by atoms with Crippen LogP contribution in [0.3, 0.4) is 0 Å². The van der Waals surface area contributed by atoms with Gasteiger partial charge in [-0.15, -0.1) is 0 Å². The fourth-order valence-corrected chi connectivity index (χ4v) is 3.07. The largest absolute Gasteiger partial charge is 0.493 e. The maximum Gasteiger partial charge on any atom is 0.255 e. The molecule has 128 valence electrons. The molecule has 1 unspecified atom stereocenters. The summed E-state index contributed by atoms with van der Waals surface area (Å²) in [6.45, 7) is 1.76. The Bertz CT molecular complexity index is 783. The number of amides is 1. The smallest absolute Gasteiger partial charge is 0.255 e. The van der Waals surface area contributed by atoms with Gasteiger partial charge < -0.3 is 9.64 Å². The highest BCUT2D eigenvalue weighted by atomic mass is 19.1. The predicted octanol–water partition coefficient (Wildman–Crippen LogP) is 3.63. The first-order chi connectivity index (χ1) is 12.2. The predicted molar refractivity (Wildman–Crippen MR) is 91.7 cm³/mol. The molecule has 0 radical (unpaired) electrons. The van der Waals surface area contributed by atoms with Crippen LogP contribution in [-0.2, 0) is 0 Å². The van der Waals surface area contributed by atoms with E-state index in [1.54, 1.807) is 41.3 Å². The molecule has 1 heterocycles. The van der Waals surface area contributed by atoms with Gasteiger partial charge in [-0.3, -0.25) is 4.79 Å². The summed E-state index contributed by atoms with van der Waals surface area (Å²) in [6.07, 6.45) is 1.88. The third-order valence-electron chi connectivity index (χ3n) is 4.38. The summed E-state index contributed by atoms with van der Waals surface area (Å²) in [7, 11) is 0. The number of nitriles is 1. The Labute approximate surface area is 146 Å². The van der Waals surface area contributed by atoms with Crippen LogP contribution in [0.1, 0.15) is 28.8 Å². The lowest BCUT2D eigenvalue weighted by molar-refractivity contribution is 0.0633. The summed E-state index contributed by atoms with van der Waals surface area (Å²) in [5.41, 5.74) is 0.849. The number of benzene rings is 2. The average Bonchev–Trinajstić information content (AvgIpc) is 2.67. The summed E-state index contributed by atoms with van der Waals surface area (Å²) in [5, 5.41) is 9.18. The van der Waals surface area contributed by atoms with E-state index in [0.717, 1.165) is 12.8 Å². The summed E-state index contributed by atoms with van der Waals surface area (Å²) in [6, 6.07) is 14.9. The van der Waals surface area contributed by atoms with Crippen LogP contribution < -0.4 is 4.74 Å². The third-order valence-corrected chi connectivity index (χ3v) is 4.38. The van der Waals surface area contributed by atoms with Gasteiger partial charge in [-0.1, -0.05) is 12.1 Å². The first-order valence-corrected chi connectivity index (χ1v) is 8.34. The molecule has 25 heavy (non-hydrogen) atoms. The Kier molecular flexibility index (Phi) is 5.30. The summed E-state index contributed by atoms with van der Waals surface area (Å²) >= 11 is 0. The Morgan fingerprint density at radius 3 is 2.76 bits per heavy atom. The van der Waals surface area contributed by atoms with Gasteiger partial charge in [-0.05, 0) is 49.2 Å². The Morgan fingerprint density at radius 2 is 2.00 bits per heavy atom. The number of carbonyl (C=O) groups excluding carboxylic acids is 1. The fourth-order valence-electron chi connectivity index (χ4n) is 3.07. The van der Waals surface area contributed by atoms with Crippen LogP contribution in [0, 0.1) is 23.1 Å². The lowest BCUT2D eigenvalue weighted by Gasteiger charge is -2.33. The van der Waals surface area contributed by atoms with Crippen LogP contribution in [-0.4, -0.2) is 30.5 Å². The fraction of sp³-hybridized carbons (Fsp3) is 0.300. The van der Waals surface area contributed by atoms with Crippen molar-refractivity contribution in [2.75, 3.05) is 19.7 Å². The van der Waals surface area contributed by atoms with Crippen LogP contribution >= 0.6 is 0 Å². The topological polar surface area (TPSA) is 53.3 Å². The molecule has 0 aromatic heterocycles. The number of nitrogens with zero attached hydrogens (tertiary/aromatic N) is 2. The van der Waals surface area contributed by atoms with Gasteiger partial charge in [0.15, 0.2) is 0 Å². The molecule has 0 aliphatic carbocycles. The highest BCUT2D eigenvalue weighted by molar-refractivity contribution is 5.96. The molecule has 0 N–H and O–H groups in total. The van der Waals surface area contributed by atoms with E-state index >= 15 is 0 Å². The summed E-state index contributed by atoms with van der Waals surface area (Å²) in [5.74, 6) is 0.443. The SMILES string of the molecule is N#Cc1ccccc1C(=O)N1CCCC(COc2ccc(F)cc2)C1. The molecule has 3 rings (SSSR count). The molecule has 1 atom stereocenters. The quantitative estimate of drug-likeness (QED) is 0.855. The van der Waals surface area contributed by atoms with E-state index in [-0.39, 0.29) is 17.6 Å². The number of rotatable bonds is 4. The second-order valence-electron chi connectivity index (χ2n) is 6.18. The standard InChI is InChI=1S/C20H19FN2O2/c21-17-7-9-18(10-8-17)25-14-15-4-3-11-23(13-15)20(24)19-6-2-1-5-16(19)12-22/h1-2,5-10,15H,3-4,11,13-14H2. The van der Waals surface area contributed by atoms with Crippen LogP contribution in [0.2, 0.25) is 0 Å². The van der Waals surface area contributed by atoms with E-state index in [1.165, 1.54) is 12.1 Å². The van der Waals surface area contributed by atoms with Crippen LogP contribution in [0.15, 0.2) is 48.5 Å². The van der Waals surface area contributed by atoms with Crippen molar-refractivity contribution < 1.29 is 13.9 Å². The van der Waals surface area contributed by atoms with Crippen molar-refractivity contribution in [2.24, 2.45) is 5.92 Å². The van der Waals surface area contributed by atoms with Gasteiger partial charge in [0, 0.05) is 19.0 Å². The molecule has 0 spiro atoms. The number of hydrogen-bond acceptors (Lipinski definition) is 3. The zero-order chi connectivity index (χ0) is 17.6. The van der Waals surface area contributed by atoms with Gasteiger partial charge in [0.1, 0.15) is 11.6 Å². The molecular formula is C20H19FN2O2. The molecule has 1 fully saturated rings. The number of halogens is 1. The highest BCUT2D eigenvalue weighted by Crippen LogP contribution is 2.21. The van der Waals surface area contributed by atoms with E-state index < -0.39 is 0 Å². The monoisotopic (exact) mass is 338 g/mol. The first-order valence-electron chi connectivity index (χ1n) is 8.34. The zero-order valence-electron chi connectivity index (χ0n) is 13.8. The number of likely N-dealkylation sites (tertiary alicyclic amines) is 1. The van der Waals surface area contributed by atoms with Crippen molar-refractivity contribution in [1.29, 1.82) is 5.26 Å². The van der Waals surface area contributed by atoms with Crippen molar-refractivity contribution in [1.82, 2.24) is 4.90 Å². The van der Waals surface area contributed by atoms with E-state index in [0.29, 0.717) is 36.6 Å². The Hall–Kier alpha value is -2.87. The van der Waals surface area contributed by atoms with E-state index in [4.69, 9.17) is 4.74 Å². The van der Waals surface area contributed by atoms with Crippen molar-refractivity contribution in [3.8, 4) is 11.8 Å². The second kappa shape index (κ2) is 7.80. The molecule has 1 aliphatic heterocycles. The first kappa shape index (κ1) is 17.0. The van der Waals surface area contributed by atoms with Crippen molar-refractivity contribution in [3.63, 3.8) is 0 Å². The van der Waals surface area contributed by atoms with E-state index in [2.05, 4.69) is 6.07 Å². The van der Waals surface area contributed by atoms with Crippen LogP contribution in [0.5, 0.6) is 5.75 Å². The minimum atomic E-state index is -0.294. The Morgan fingerprint density at radius 1 is 1.24 bits per heavy atom. The van der Waals surface area contributed by atoms with Gasteiger partial charge in [0.05, 0.1) is 23.8 Å². The van der Waals surface area contributed by atoms with Gasteiger partial charge >= 0.3 is 0 Å². The average molecular weight is 338 g/mol. The summed E-state index contributed by atoms with van der Waals surface area (Å²) in [4.78, 5) is 14.5. The molecule has 4 nitrogen and oxygen atoms in total. The highest BCUT2D eigenvalue weighted by Gasteiger charge is 2.26. The van der Waals surface area contributed by atoms with Crippen LogP contribution in [0.25, 0.3) is 0 Å². The van der Waals surface area contributed by atoms with Gasteiger partial charge in [-0.2, -0.15) is 5.26 Å². The summed E-state index contributed by atoms with van der Waals surface area (Å²) < 4.78 is 18.6. The minimum absolute atomic E-state index is 0.108. The molecular weight excluding hydrogens is 319 g/mol. The second-order valence-corrected chi connectivity index (χ2v) is 6.18. The molecule has 1 aliphatic rings. The van der Waals surface area contributed by atoms with E-state index in [9.17, 15) is 14.4 Å². The number of ether oxygens (including phenoxy) is 1. The van der Waals surface area contributed by atoms with Crippen molar-refractivity contribution in [2.45, 2.75) is 12.8 Å². The molecule has 0 saturated carbocycles. The van der Waals surface area contributed by atoms with Gasteiger partial charge in [0.25, 0.3) is 5.91 Å².